The lowest BCUT2D eigenvalue weighted by Gasteiger charge is -2.11. The first kappa shape index (κ1) is 16.1. The molecule has 0 amide bonds. The van der Waals surface area contributed by atoms with Gasteiger partial charge in [-0.3, -0.25) is 0 Å². The summed E-state index contributed by atoms with van der Waals surface area (Å²) < 4.78 is 19.0. The molecule has 4 heteroatoms. The summed E-state index contributed by atoms with van der Waals surface area (Å²) in [5, 5.41) is 3.25. The SMILES string of the molecule is COc1ncc(-c2ccccc2)cc1CNCc1ccccc1F. The topological polar surface area (TPSA) is 34.1 Å². The van der Waals surface area contributed by atoms with Crippen molar-refractivity contribution in [2.45, 2.75) is 13.1 Å². The monoisotopic (exact) mass is 322 g/mol. The number of hydrogen-bond donors (Lipinski definition) is 1. The van der Waals surface area contributed by atoms with E-state index < -0.39 is 0 Å². The van der Waals surface area contributed by atoms with Crippen LogP contribution in [0.25, 0.3) is 11.1 Å². The van der Waals surface area contributed by atoms with Gasteiger partial charge in [-0.15, -0.1) is 0 Å². The first-order chi connectivity index (χ1) is 11.8. The number of ether oxygens (including phenoxy) is 1. The molecule has 1 N–H and O–H groups in total. The Morgan fingerprint density at radius 3 is 2.38 bits per heavy atom. The Morgan fingerprint density at radius 2 is 1.62 bits per heavy atom. The fourth-order valence-corrected chi connectivity index (χ4v) is 2.57. The van der Waals surface area contributed by atoms with Crippen molar-refractivity contribution in [3.05, 3.63) is 83.8 Å². The van der Waals surface area contributed by atoms with E-state index in [4.69, 9.17) is 4.74 Å². The lowest BCUT2D eigenvalue weighted by atomic mass is 10.1. The van der Waals surface area contributed by atoms with Crippen molar-refractivity contribution in [2.75, 3.05) is 7.11 Å². The number of pyridine rings is 1. The molecule has 0 atom stereocenters. The minimum Gasteiger partial charge on any atom is -0.481 e. The number of aromatic nitrogens is 1. The molecular weight excluding hydrogens is 303 g/mol. The van der Waals surface area contributed by atoms with E-state index in [0.717, 1.165) is 16.7 Å². The van der Waals surface area contributed by atoms with E-state index >= 15 is 0 Å². The predicted octanol–water partition coefficient (Wildman–Crippen LogP) is 4.19. The van der Waals surface area contributed by atoms with Gasteiger partial charge in [0.25, 0.3) is 0 Å². The van der Waals surface area contributed by atoms with E-state index in [-0.39, 0.29) is 5.82 Å². The zero-order valence-electron chi connectivity index (χ0n) is 13.5. The molecule has 1 aromatic heterocycles. The number of hydrogen-bond acceptors (Lipinski definition) is 3. The Morgan fingerprint density at radius 1 is 0.917 bits per heavy atom. The summed E-state index contributed by atoms with van der Waals surface area (Å²) >= 11 is 0. The van der Waals surface area contributed by atoms with E-state index in [1.54, 1.807) is 25.4 Å². The highest BCUT2D eigenvalue weighted by Gasteiger charge is 2.08. The zero-order valence-corrected chi connectivity index (χ0v) is 13.5. The summed E-state index contributed by atoms with van der Waals surface area (Å²) in [6.45, 7) is 0.997. The summed E-state index contributed by atoms with van der Waals surface area (Å²) in [5.41, 5.74) is 3.71. The van der Waals surface area contributed by atoms with E-state index in [1.165, 1.54) is 6.07 Å². The second-order valence-electron chi connectivity index (χ2n) is 5.45. The minimum absolute atomic E-state index is 0.201. The summed E-state index contributed by atoms with van der Waals surface area (Å²) in [5.74, 6) is 0.379. The molecule has 3 nitrogen and oxygen atoms in total. The number of rotatable bonds is 6. The third-order valence-electron chi connectivity index (χ3n) is 3.81. The van der Waals surface area contributed by atoms with Crippen molar-refractivity contribution < 1.29 is 9.13 Å². The molecule has 0 aliphatic heterocycles. The molecule has 0 spiro atoms. The molecule has 0 unspecified atom stereocenters. The summed E-state index contributed by atoms with van der Waals surface area (Å²) in [4.78, 5) is 4.38. The van der Waals surface area contributed by atoms with Crippen molar-refractivity contribution >= 4 is 0 Å². The minimum atomic E-state index is -0.201. The van der Waals surface area contributed by atoms with Crippen LogP contribution in [0.1, 0.15) is 11.1 Å². The van der Waals surface area contributed by atoms with Crippen molar-refractivity contribution in [1.29, 1.82) is 0 Å². The van der Waals surface area contributed by atoms with Crippen LogP contribution >= 0.6 is 0 Å². The highest BCUT2D eigenvalue weighted by molar-refractivity contribution is 5.63. The van der Waals surface area contributed by atoms with Crippen molar-refractivity contribution in [3.63, 3.8) is 0 Å². The van der Waals surface area contributed by atoms with Crippen LogP contribution in [0.2, 0.25) is 0 Å². The fourth-order valence-electron chi connectivity index (χ4n) is 2.57. The molecule has 122 valence electrons. The van der Waals surface area contributed by atoms with Crippen LogP contribution < -0.4 is 10.1 Å². The van der Waals surface area contributed by atoms with E-state index in [0.29, 0.717) is 24.5 Å². The lowest BCUT2D eigenvalue weighted by Crippen LogP contribution is -2.14. The van der Waals surface area contributed by atoms with Gasteiger partial charge in [-0.05, 0) is 17.7 Å². The van der Waals surface area contributed by atoms with Gasteiger partial charge in [0.15, 0.2) is 0 Å². The van der Waals surface area contributed by atoms with E-state index in [1.807, 2.05) is 36.4 Å². The van der Waals surface area contributed by atoms with Crippen LogP contribution in [0, 0.1) is 5.82 Å². The van der Waals surface area contributed by atoms with Gasteiger partial charge in [0.05, 0.1) is 7.11 Å². The second-order valence-corrected chi connectivity index (χ2v) is 5.45. The number of nitrogens with one attached hydrogen (secondary N) is 1. The highest BCUT2D eigenvalue weighted by Crippen LogP contribution is 2.24. The maximum absolute atomic E-state index is 13.7. The lowest BCUT2D eigenvalue weighted by molar-refractivity contribution is 0.390. The molecule has 0 saturated heterocycles. The van der Waals surface area contributed by atoms with Crippen LogP contribution in [-0.4, -0.2) is 12.1 Å². The smallest absolute Gasteiger partial charge is 0.217 e. The van der Waals surface area contributed by atoms with Crippen molar-refractivity contribution in [1.82, 2.24) is 10.3 Å². The Kier molecular flexibility index (Phi) is 5.18. The van der Waals surface area contributed by atoms with Crippen LogP contribution in [0.3, 0.4) is 0 Å². The first-order valence-electron chi connectivity index (χ1n) is 7.80. The normalized spacial score (nSPS) is 10.6. The quantitative estimate of drug-likeness (QED) is 0.739. The van der Waals surface area contributed by atoms with Gasteiger partial charge in [0.2, 0.25) is 5.88 Å². The molecule has 2 aromatic carbocycles. The van der Waals surface area contributed by atoms with Gasteiger partial charge in [-0.2, -0.15) is 0 Å². The van der Waals surface area contributed by atoms with Gasteiger partial charge in [-0.1, -0.05) is 48.5 Å². The molecule has 1 heterocycles. The zero-order chi connectivity index (χ0) is 16.8. The number of halogens is 1. The molecule has 0 aliphatic rings. The maximum atomic E-state index is 13.7. The van der Waals surface area contributed by atoms with Crippen LogP contribution in [0.5, 0.6) is 5.88 Å². The molecule has 3 aromatic rings. The van der Waals surface area contributed by atoms with E-state index in [2.05, 4.69) is 16.4 Å². The molecule has 0 fully saturated rings. The number of benzene rings is 2. The third-order valence-corrected chi connectivity index (χ3v) is 3.81. The molecule has 24 heavy (non-hydrogen) atoms. The number of nitrogens with zero attached hydrogens (tertiary/aromatic N) is 1. The van der Waals surface area contributed by atoms with Crippen LogP contribution in [0.15, 0.2) is 66.9 Å². The number of methoxy groups -OCH3 is 1. The predicted molar refractivity (Wildman–Crippen MR) is 93.2 cm³/mol. The van der Waals surface area contributed by atoms with Crippen LogP contribution in [-0.2, 0) is 13.1 Å². The largest absolute Gasteiger partial charge is 0.481 e. The molecule has 3 rings (SSSR count). The third kappa shape index (κ3) is 3.78. The standard InChI is InChI=1S/C20H19FN2O/c1-24-20-18(13-22-12-16-9-5-6-10-19(16)21)11-17(14-23-20)15-7-3-2-4-8-15/h2-11,14,22H,12-13H2,1H3. The fraction of sp³-hybridized carbons (Fsp3) is 0.150. The highest BCUT2D eigenvalue weighted by atomic mass is 19.1. The van der Waals surface area contributed by atoms with Gasteiger partial charge in [0.1, 0.15) is 5.82 Å². The van der Waals surface area contributed by atoms with Gasteiger partial charge in [-0.25, -0.2) is 9.37 Å². The van der Waals surface area contributed by atoms with Crippen molar-refractivity contribution in [3.8, 4) is 17.0 Å². The first-order valence-corrected chi connectivity index (χ1v) is 7.80. The molecule has 0 bridgehead atoms. The van der Waals surface area contributed by atoms with Crippen LogP contribution in [0.4, 0.5) is 4.39 Å². The average molecular weight is 322 g/mol. The average Bonchev–Trinajstić information content (AvgIpc) is 2.64. The summed E-state index contributed by atoms with van der Waals surface area (Å²) in [7, 11) is 1.60. The van der Waals surface area contributed by atoms with Crippen molar-refractivity contribution in [2.24, 2.45) is 0 Å². The molecule has 0 saturated carbocycles. The van der Waals surface area contributed by atoms with Gasteiger partial charge < -0.3 is 10.1 Å². The van der Waals surface area contributed by atoms with Gasteiger partial charge >= 0.3 is 0 Å². The molecular formula is C20H19FN2O. The maximum Gasteiger partial charge on any atom is 0.217 e. The van der Waals surface area contributed by atoms with Gasteiger partial charge in [0, 0.05) is 36.0 Å². The molecule has 0 aliphatic carbocycles. The second kappa shape index (κ2) is 7.70. The Labute approximate surface area is 141 Å². The Bertz CT molecular complexity index is 806. The van der Waals surface area contributed by atoms with E-state index in [9.17, 15) is 4.39 Å². The Hall–Kier alpha value is -2.72. The summed E-state index contributed by atoms with van der Waals surface area (Å²) in [6.07, 6.45) is 1.80. The summed E-state index contributed by atoms with van der Waals surface area (Å²) in [6, 6.07) is 18.9. The Balaban J connectivity index is 1.75. The molecule has 0 radical (unpaired) electrons.